The minimum atomic E-state index is 0.531. The Balaban J connectivity index is 2.65. The molecule has 18 heavy (non-hydrogen) atoms. The van der Waals surface area contributed by atoms with Crippen LogP contribution >= 0.6 is 15.9 Å². The molecule has 3 heteroatoms. The van der Waals surface area contributed by atoms with E-state index in [-0.39, 0.29) is 0 Å². The Labute approximate surface area is 119 Å². The monoisotopic (exact) mass is 313 g/mol. The molecule has 102 valence electrons. The summed E-state index contributed by atoms with van der Waals surface area (Å²) in [4.78, 5) is 0. The van der Waals surface area contributed by atoms with E-state index in [1.165, 1.54) is 12.0 Å². The molecule has 0 aliphatic rings. The Morgan fingerprint density at radius 3 is 2.67 bits per heavy atom. The maximum absolute atomic E-state index is 5.28. The lowest BCUT2D eigenvalue weighted by Gasteiger charge is -2.22. The van der Waals surface area contributed by atoms with E-state index in [4.69, 9.17) is 4.74 Å². The van der Waals surface area contributed by atoms with Crippen LogP contribution in [0, 0.1) is 5.92 Å². The van der Waals surface area contributed by atoms with Gasteiger partial charge in [-0.15, -0.1) is 0 Å². The highest BCUT2D eigenvalue weighted by Crippen LogP contribution is 2.25. The molecule has 0 radical (unpaired) electrons. The van der Waals surface area contributed by atoms with Gasteiger partial charge in [-0.1, -0.05) is 29.8 Å². The molecular weight excluding hydrogens is 290 g/mol. The van der Waals surface area contributed by atoms with Crippen LogP contribution < -0.4 is 10.1 Å². The van der Waals surface area contributed by atoms with E-state index in [0.29, 0.717) is 12.0 Å². The Bertz CT molecular complexity index is 368. The van der Waals surface area contributed by atoms with E-state index in [1.807, 2.05) is 6.07 Å². The van der Waals surface area contributed by atoms with Gasteiger partial charge in [0.2, 0.25) is 0 Å². The lowest BCUT2D eigenvalue weighted by Crippen LogP contribution is -2.33. The highest BCUT2D eigenvalue weighted by atomic mass is 79.9. The average Bonchev–Trinajstić information content (AvgIpc) is 2.38. The molecule has 0 saturated heterocycles. The van der Waals surface area contributed by atoms with Crippen molar-refractivity contribution in [3.05, 3.63) is 28.2 Å². The van der Waals surface area contributed by atoms with Crippen LogP contribution in [-0.4, -0.2) is 19.7 Å². The summed E-state index contributed by atoms with van der Waals surface area (Å²) >= 11 is 3.61. The van der Waals surface area contributed by atoms with Gasteiger partial charge in [0.25, 0.3) is 0 Å². The number of methoxy groups -OCH3 is 1. The van der Waals surface area contributed by atoms with Crippen LogP contribution in [0.2, 0.25) is 0 Å². The summed E-state index contributed by atoms with van der Waals surface area (Å²) in [6.45, 7) is 7.83. The molecule has 1 rings (SSSR count). The zero-order valence-corrected chi connectivity index (χ0v) is 13.4. The highest BCUT2D eigenvalue weighted by Gasteiger charge is 2.14. The SMILES string of the molecule is CCCNC(C)C(C)Cc1cc(OC)ccc1Br. The fraction of sp³-hybridized carbons (Fsp3) is 0.600. The molecule has 0 saturated carbocycles. The van der Waals surface area contributed by atoms with Crippen LogP contribution in [0.3, 0.4) is 0 Å². The molecular formula is C15H24BrNO. The predicted octanol–water partition coefficient (Wildman–Crippen LogP) is 4.02. The van der Waals surface area contributed by atoms with E-state index in [1.54, 1.807) is 7.11 Å². The van der Waals surface area contributed by atoms with Crippen molar-refractivity contribution in [2.24, 2.45) is 5.92 Å². The topological polar surface area (TPSA) is 21.3 Å². The van der Waals surface area contributed by atoms with Crippen molar-refractivity contribution in [2.75, 3.05) is 13.7 Å². The fourth-order valence-corrected chi connectivity index (χ4v) is 2.34. The minimum Gasteiger partial charge on any atom is -0.497 e. The lowest BCUT2D eigenvalue weighted by atomic mass is 9.95. The molecule has 0 aromatic heterocycles. The zero-order chi connectivity index (χ0) is 13.5. The first-order chi connectivity index (χ1) is 8.58. The van der Waals surface area contributed by atoms with Gasteiger partial charge in [-0.05, 0) is 56.0 Å². The maximum atomic E-state index is 5.28. The number of hydrogen-bond acceptors (Lipinski definition) is 2. The van der Waals surface area contributed by atoms with E-state index < -0.39 is 0 Å². The number of halogens is 1. The van der Waals surface area contributed by atoms with E-state index in [2.05, 4.69) is 54.2 Å². The third kappa shape index (κ3) is 4.62. The molecule has 0 aliphatic heterocycles. The maximum Gasteiger partial charge on any atom is 0.119 e. The molecule has 0 bridgehead atoms. The number of nitrogens with one attached hydrogen (secondary N) is 1. The second-order valence-corrected chi connectivity index (χ2v) is 5.74. The summed E-state index contributed by atoms with van der Waals surface area (Å²) in [6, 6.07) is 6.69. The normalized spacial score (nSPS) is 14.3. The zero-order valence-electron chi connectivity index (χ0n) is 11.8. The second-order valence-electron chi connectivity index (χ2n) is 4.88. The van der Waals surface area contributed by atoms with E-state index >= 15 is 0 Å². The first-order valence-corrected chi connectivity index (χ1v) is 7.43. The molecule has 1 N–H and O–H groups in total. The van der Waals surface area contributed by atoms with E-state index in [0.717, 1.165) is 23.2 Å². The summed E-state index contributed by atoms with van der Waals surface area (Å²) in [5.41, 5.74) is 1.31. The van der Waals surface area contributed by atoms with Crippen molar-refractivity contribution in [3.8, 4) is 5.75 Å². The van der Waals surface area contributed by atoms with Crippen molar-refractivity contribution < 1.29 is 4.74 Å². The van der Waals surface area contributed by atoms with Crippen molar-refractivity contribution in [2.45, 2.75) is 39.7 Å². The van der Waals surface area contributed by atoms with Crippen LogP contribution in [0.15, 0.2) is 22.7 Å². The smallest absolute Gasteiger partial charge is 0.119 e. The largest absolute Gasteiger partial charge is 0.497 e. The summed E-state index contributed by atoms with van der Waals surface area (Å²) in [5, 5.41) is 3.55. The molecule has 0 amide bonds. The molecule has 0 aliphatic carbocycles. The van der Waals surface area contributed by atoms with Gasteiger partial charge in [-0.2, -0.15) is 0 Å². The molecule has 2 nitrogen and oxygen atoms in total. The third-order valence-corrected chi connectivity index (χ3v) is 4.14. The van der Waals surface area contributed by atoms with Crippen LogP contribution in [0.4, 0.5) is 0 Å². The van der Waals surface area contributed by atoms with Gasteiger partial charge in [-0.25, -0.2) is 0 Å². The van der Waals surface area contributed by atoms with Crippen LogP contribution in [-0.2, 0) is 6.42 Å². The molecule has 2 atom stereocenters. The Morgan fingerprint density at radius 2 is 2.06 bits per heavy atom. The minimum absolute atomic E-state index is 0.531. The lowest BCUT2D eigenvalue weighted by molar-refractivity contribution is 0.395. The van der Waals surface area contributed by atoms with Crippen LogP contribution in [0.1, 0.15) is 32.8 Å². The summed E-state index contributed by atoms with van der Waals surface area (Å²) in [7, 11) is 1.71. The van der Waals surface area contributed by atoms with E-state index in [9.17, 15) is 0 Å². The van der Waals surface area contributed by atoms with Crippen molar-refractivity contribution in [1.29, 1.82) is 0 Å². The first kappa shape index (κ1) is 15.5. The highest BCUT2D eigenvalue weighted by molar-refractivity contribution is 9.10. The first-order valence-electron chi connectivity index (χ1n) is 6.64. The molecule has 0 spiro atoms. The van der Waals surface area contributed by atoms with Crippen LogP contribution in [0.25, 0.3) is 0 Å². The molecule has 0 fully saturated rings. The average molecular weight is 314 g/mol. The molecule has 2 unspecified atom stereocenters. The van der Waals surface area contributed by atoms with Gasteiger partial charge in [0.15, 0.2) is 0 Å². The van der Waals surface area contributed by atoms with Crippen molar-refractivity contribution >= 4 is 15.9 Å². The number of benzene rings is 1. The van der Waals surface area contributed by atoms with Gasteiger partial charge >= 0.3 is 0 Å². The van der Waals surface area contributed by atoms with Gasteiger partial charge < -0.3 is 10.1 Å². The second kappa shape index (κ2) is 7.80. The molecule has 0 heterocycles. The molecule has 1 aromatic rings. The van der Waals surface area contributed by atoms with Crippen molar-refractivity contribution in [3.63, 3.8) is 0 Å². The van der Waals surface area contributed by atoms with Gasteiger partial charge in [0, 0.05) is 10.5 Å². The predicted molar refractivity (Wildman–Crippen MR) is 81.3 cm³/mol. The summed E-state index contributed by atoms with van der Waals surface area (Å²) in [6.07, 6.45) is 2.23. The van der Waals surface area contributed by atoms with Gasteiger partial charge in [-0.3, -0.25) is 0 Å². The number of rotatable bonds is 7. The number of hydrogen-bond donors (Lipinski definition) is 1. The van der Waals surface area contributed by atoms with Crippen LogP contribution in [0.5, 0.6) is 5.75 Å². The standard InChI is InChI=1S/C15H24BrNO/c1-5-8-17-12(3)11(2)9-13-10-14(18-4)6-7-15(13)16/h6-7,10-12,17H,5,8-9H2,1-4H3. The molecule has 1 aromatic carbocycles. The Morgan fingerprint density at radius 1 is 1.33 bits per heavy atom. The Hall–Kier alpha value is -0.540. The van der Waals surface area contributed by atoms with Crippen molar-refractivity contribution in [1.82, 2.24) is 5.32 Å². The quantitative estimate of drug-likeness (QED) is 0.820. The summed E-state index contributed by atoms with van der Waals surface area (Å²) in [5.74, 6) is 1.52. The number of ether oxygens (including phenoxy) is 1. The Kier molecular flexibility index (Phi) is 6.72. The van der Waals surface area contributed by atoms with Gasteiger partial charge in [0.05, 0.1) is 7.11 Å². The third-order valence-electron chi connectivity index (χ3n) is 3.36. The van der Waals surface area contributed by atoms with Gasteiger partial charge in [0.1, 0.15) is 5.75 Å². The summed E-state index contributed by atoms with van der Waals surface area (Å²) < 4.78 is 6.45. The fourth-order valence-electron chi connectivity index (χ4n) is 1.93.